The number of benzene rings is 3. The zero-order valence-corrected chi connectivity index (χ0v) is 14.6. The molecule has 0 unspecified atom stereocenters. The Bertz CT molecular complexity index is 854. The first-order chi connectivity index (χ1) is 12.7. The van der Waals surface area contributed by atoms with Crippen LogP contribution in [0.25, 0.3) is 0 Å². The fourth-order valence-corrected chi connectivity index (χ4v) is 2.37. The summed E-state index contributed by atoms with van der Waals surface area (Å²) in [5.41, 5.74) is 1.11. The van der Waals surface area contributed by atoms with E-state index < -0.39 is 0 Å². The van der Waals surface area contributed by atoms with E-state index >= 15 is 0 Å². The molecule has 3 rings (SSSR count). The lowest BCUT2D eigenvalue weighted by Gasteiger charge is -2.10. The molecule has 0 spiro atoms. The van der Waals surface area contributed by atoms with E-state index in [0.29, 0.717) is 28.5 Å². The van der Waals surface area contributed by atoms with Crippen molar-refractivity contribution in [2.75, 3.05) is 19.5 Å². The fraction of sp³-hybridized carbons (Fsp3) is 0.0952. The van der Waals surface area contributed by atoms with Crippen molar-refractivity contribution in [3.05, 3.63) is 78.4 Å². The molecule has 0 fully saturated rings. The van der Waals surface area contributed by atoms with Crippen molar-refractivity contribution in [1.29, 1.82) is 0 Å². The average molecular weight is 349 g/mol. The van der Waals surface area contributed by atoms with Crippen LogP contribution in [-0.2, 0) is 0 Å². The Morgan fingerprint density at radius 3 is 1.88 bits per heavy atom. The predicted molar refractivity (Wildman–Crippen MR) is 100 cm³/mol. The van der Waals surface area contributed by atoms with Gasteiger partial charge in [0.05, 0.1) is 14.2 Å². The van der Waals surface area contributed by atoms with Crippen molar-refractivity contribution in [2.45, 2.75) is 0 Å². The van der Waals surface area contributed by atoms with Gasteiger partial charge in [-0.25, -0.2) is 0 Å². The van der Waals surface area contributed by atoms with Gasteiger partial charge < -0.3 is 19.5 Å². The van der Waals surface area contributed by atoms with Gasteiger partial charge >= 0.3 is 0 Å². The van der Waals surface area contributed by atoms with Crippen molar-refractivity contribution in [2.24, 2.45) is 0 Å². The van der Waals surface area contributed by atoms with Crippen LogP contribution in [0.5, 0.6) is 23.0 Å². The van der Waals surface area contributed by atoms with E-state index in [2.05, 4.69) is 5.32 Å². The summed E-state index contributed by atoms with van der Waals surface area (Å²) < 4.78 is 16.1. The average Bonchev–Trinajstić information content (AvgIpc) is 2.69. The van der Waals surface area contributed by atoms with E-state index in [1.807, 2.05) is 30.3 Å². The Morgan fingerprint density at radius 2 is 1.31 bits per heavy atom. The van der Waals surface area contributed by atoms with Gasteiger partial charge in [-0.15, -0.1) is 0 Å². The molecular formula is C21H19NO4. The van der Waals surface area contributed by atoms with Gasteiger partial charge in [0, 0.05) is 17.3 Å². The summed E-state index contributed by atoms with van der Waals surface area (Å²) >= 11 is 0. The van der Waals surface area contributed by atoms with Gasteiger partial charge in [0.15, 0.2) is 0 Å². The normalized spacial score (nSPS) is 10.1. The van der Waals surface area contributed by atoms with Gasteiger partial charge in [-0.1, -0.05) is 18.2 Å². The molecule has 26 heavy (non-hydrogen) atoms. The van der Waals surface area contributed by atoms with Crippen molar-refractivity contribution in [3.63, 3.8) is 0 Å². The highest BCUT2D eigenvalue weighted by Gasteiger charge is 2.10. The molecule has 3 aromatic rings. The molecule has 0 bridgehead atoms. The molecule has 5 heteroatoms. The van der Waals surface area contributed by atoms with E-state index in [1.165, 1.54) is 0 Å². The minimum Gasteiger partial charge on any atom is -0.497 e. The number of anilines is 1. The van der Waals surface area contributed by atoms with E-state index in [9.17, 15) is 4.79 Å². The molecule has 0 aromatic heterocycles. The van der Waals surface area contributed by atoms with Crippen molar-refractivity contribution in [1.82, 2.24) is 0 Å². The van der Waals surface area contributed by atoms with Crippen LogP contribution in [0.15, 0.2) is 72.8 Å². The molecule has 1 N–H and O–H groups in total. The molecule has 0 aliphatic heterocycles. The van der Waals surface area contributed by atoms with Crippen LogP contribution in [0.2, 0.25) is 0 Å². The number of para-hydroxylation sites is 1. The number of nitrogens with one attached hydrogen (secondary N) is 1. The lowest BCUT2D eigenvalue weighted by Crippen LogP contribution is -2.12. The molecule has 0 atom stereocenters. The molecule has 0 aliphatic carbocycles. The molecule has 0 saturated carbocycles. The number of methoxy groups -OCH3 is 2. The Labute approximate surface area is 152 Å². The van der Waals surface area contributed by atoms with E-state index in [4.69, 9.17) is 14.2 Å². The lowest BCUT2D eigenvalue weighted by molar-refractivity contribution is 0.102. The maximum absolute atomic E-state index is 12.5. The van der Waals surface area contributed by atoms with Gasteiger partial charge in [-0.3, -0.25) is 4.79 Å². The van der Waals surface area contributed by atoms with Gasteiger partial charge in [0.1, 0.15) is 23.0 Å². The number of carbonyl (C=O) groups is 1. The van der Waals surface area contributed by atoms with Crippen molar-refractivity contribution < 1.29 is 19.0 Å². The van der Waals surface area contributed by atoms with E-state index in [-0.39, 0.29) is 5.91 Å². The van der Waals surface area contributed by atoms with Gasteiger partial charge in [-0.05, 0) is 48.5 Å². The second-order valence-corrected chi connectivity index (χ2v) is 5.49. The van der Waals surface area contributed by atoms with Crippen LogP contribution in [-0.4, -0.2) is 20.1 Å². The zero-order chi connectivity index (χ0) is 18.4. The number of rotatable bonds is 6. The largest absolute Gasteiger partial charge is 0.497 e. The number of carbonyl (C=O) groups excluding carboxylic acids is 1. The minimum atomic E-state index is -0.251. The zero-order valence-electron chi connectivity index (χ0n) is 14.6. The molecule has 5 nitrogen and oxygen atoms in total. The topological polar surface area (TPSA) is 56.8 Å². The Morgan fingerprint density at radius 1 is 0.731 bits per heavy atom. The summed E-state index contributed by atoms with van der Waals surface area (Å²) in [6.07, 6.45) is 0. The monoisotopic (exact) mass is 349 g/mol. The molecule has 3 aromatic carbocycles. The Hall–Kier alpha value is -3.47. The van der Waals surface area contributed by atoms with Crippen LogP contribution in [0.4, 0.5) is 5.69 Å². The summed E-state index contributed by atoms with van der Waals surface area (Å²) in [6, 6.07) is 21.7. The molecule has 1 amide bonds. The number of hydrogen-bond acceptors (Lipinski definition) is 4. The Kier molecular flexibility index (Phi) is 5.39. The molecule has 0 radical (unpaired) electrons. The fourth-order valence-electron chi connectivity index (χ4n) is 2.37. The summed E-state index contributed by atoms with van der Waals surface area (Å²) in [5, 5.41) is 2.85. The third kappa shape index (κ3) is 4.33. The molecule has 0 aliphatic rings. The smallest absolute Gasteiger partial charge is 0.255 e. The van der Waals surface area contributed by atoms with Crippen LogP contribution >= 0.6 is 0 Å². The highest BCUT2D eigenvalue weighted by atomic mass is 16.5. The Balaban J connectivity index is 1.70. The van der Waals surface area contributed by atoms with Crippen LogP contribution in [0.1, 0.15) is 10.4 Å². The molecule has 132 valence electrons. The second kappa shape index (κ2) is 8.07. The predicted octanol–water partition coefficient (Wildman–Crippen LogP) is 4.75. The third-order valence-electron chi connectivity index (χ3n) is 3.70. The summed E-state index contributed by atoms with van der Waals surface area (Å²) in [4.78, 5) is 12.5. The number of amides is 1. The summed E-state index contributed by atoms with van der Waals surface area (Å²) in [7, 11) is 3.09. The maximum atomic E-state index is 12.5. The molecule has 0 saturated heterocycles. The highest BCUT2D eigenvalue weighted by Crippen LogP contribution is 2.25. The summed E-state index contributed by atoms with van der Waals surface area (Å²) in [6.45, 7) is 0. The van der Waals surface area contributed by atoms with E-state index in [0.717, 1.165) is 5.75 Å². The maximum Gasteiger partial charge on any atom is 0.255 e. The van der Waals surface area contributed by atoms with Crippen molar-refractivity contribution >= 4 is 11.6 Å². The van der Waals surface area contributed by atoms with Crippen molar-refractivity contribution in [3.8, 4) is 23.0 Å². The minimum absolute atomic E-state index is 0.251. The number of hydrogen-bond donors (Lipinski definition) is 1. The lowest BCUT2D eigenvalue weighted by atomic mass is 10.1. The standard InChI is InChI=1S/C21H19NO4/c1-24-19-12-15(13-20(14-19)25-2)21(23)22-16-8-10-18(11-9-16)26-17-6-4-3-5-7-17/h3-14H,1-2H3,(H,22,23). The third-order valence-corrected chi connectivity index (χ3v) is 3.70. The van der Waals surface area contributed by atoms with Crippen LogP contribution in [0, 0.1) is 0 Å². The van der Waals surface area contributed by atoms with Gasteiger partial charge in [0.2, 0.25) is 0 Å². The van der Waals surface area contributed by atoms with Gasteiger partial charge in [-0.2, -0.15) is 0 Å². The SMILES string of the molecule is COc1cc(OC)cc(C(=O)Nc2ccc(Oc3ccccc3)cc2)c1. The summed E-state index contributed by atoms with van der Waals surface area (Å²) in [5.74, 6) is 2.31. The van der Waals surface area contributed by atoms with E-state index in [1.54, 1.807) is 56.7 Å². The van der Waals surface area contributed by atoms with Crippen LogP contribution < -0.4 is 19.5 Å². The quantitative estimate of drug-likeness (QED) is 0.698. The second-order valence-electron chi connectivity index (χ2n) is 5.49. The first kappa shape index (κ1) is 17.4. The van der Waals surface area contributed by atoms with Crippen LogP contribution in [0.3, 0.4) is 0 Å². The molecular weight excluding hydrogens is 330 g/mol. The van der Waals surface area contributed by atoms with Gasteiger partial charge in [0.25, 0.3) is 5.91 Å². The number of ether oxygens (including phenoxy) is 3. The molecule has 0 heterocycles. The first-order valence-corrected chi connectivity index (χ1v) is 8.05. The highest BCUT2D eigenvalue weighted by molar-refractivity contribution is 6.04. The first-order valence-electron chi connectivity index (χ1n) is 8.05.